The molecule has 3 N–H and O–H groups in total. The number of aliphatic hydroxyl groups excluding tert-OH is 1. The lowest BCUT2D eigenvalue weighted by Crippen LogP contribution is -2.52. The fourth-order valence-corrected chi connectivity index (χ4v) is 2.92. The maximum atomic E-state index is 12.0. The van der Waals surface area contributed by atoms with Crippen molar-refractivity contribution < 1.29 is 9.90 Å². The molecule has 0 spiro atoms. The molecule has 4 nitrogen and oxygen atoms in total. The van der Waals surface area contributed by atoms with E-state index >= 15 is 0 Å². The van der Waals surface area contributed by atoms with Gasteiger partial charge in [-0.25, -0.2) is 0 Å². The fraction of sp³-hybridized carbons (Fsp3) is 0.929. The topological polar surface area (TPSA) is 61.4 Å². The summed E-state index contributed by atoms with van der Waals surface area (Å²) < 4.78 is 0. The van der Waals surface area contributed by atoms with E-state index < -0.39 is 0 Å². The van der Waals surface area contributed by atoms with Crippen LogP contribution in [0.4, 0.5) is 0 Å². The molecule has 0 aromatic rings. The Hall–Kier alpha value is -0.610. The highest BCUT2D eigenvalue weighted by molar-refractivity contribution is 5.78. The highest BCUT2D eigenvalue weighted by Crippen LogP contribution is 2.35. The molecule has 2 rings (SSSR count). The smallest absolute Gasteiger partial charge is 0.223 e. The molecule has 3 unspecified atom stereocenters. The molecule has 18 heavy (non-hydrogen) atoms. The zero-order valence-corrected chi connectivity index (χ0v) is 11.5. The van der Waals surface area contributed by atoms with Crippen LogP contribution in [-0.2, 0) is 4.79 Å². The van der Waals surface area contributed by atoms with E-state index in [4.69, 9.17) is 0 Å². The summed E-state index contributed by atoms with van der Waals surface area (Å²) in [5.41, 5.74) is -0.133. The molecule has 0 bridgehead atoms. The van der Waals surface area contributed by atoms with Crippen LogP contribution in [0.5, 0.6) is 0 Å². The second kappa shape index (κ2) is 5.57. The van der Waals surface area contributed by atoms with Gasteiger partial charge in [-0.1, -0.05) is 26.7 Å². The average molecular weight is 254 g/mol. The second-order valence-electron chi connectivity index (χ2n) is 6.34. The average Bonchev–Trinajstić information content (AvgIpc) is 2.28. The van der Waals surface area contributed by atoms with E-state index in [1.165, 1.54) is 0 Å². The number of hydrogen-bond donors (Lipinski definition) is 3. The summed E-state index contributed by atoms with van der Waals surface area (Å²) in [4.78, 5) is 12.0. The molecule has 4 heteroatoms. The Bertz CT molecular complexity index is 304. The van der Waals surface area contributed by atoms with Crippen LogP contribution in [0.25, 0.3) is 0 Å². The molecule has 1 saturated carbocycles. The van der Waals surface area contributed by atoms with Crippen molar-refractivity contribution in [3.05, 3.63) is 0 Å². The summed E-state index contributed by atoms with van der Waals surface area (Å²) in [6, 6.07) is 0. The van der Waals surface area contributed by atoms with Crippen LogP contribution in [0.2, 0.25) is 0 Å². The number of nitrogens with one attached hydrogen (secondary N) is 2. The van der Waals surface area contributed by atoms with Gasteiger partial charge in [0.1, 0.15) is 0 Å². The molecule has 2 aliphatic rings. The number of rotatable bonds is 4. The van der Waals surface area contributed by atoms with Gasteiger partial charge in [0.25, 0.3) is 0 Å². The van der Waals surface area contributed by atoms with Gasteiger partial charge in [0, 0.05) is 17.9 Å². The quantitative estimate of drug-likeness (QED) is 0.698. The van der Waals surface area contributed by atoms with Gasteiger partial charge >= 0.3 is 0 Å². The van der Waals surface area contributed by atoms with Gasteiger partial charge in [-0.15, -0.1) is 0 Å². The van der Waals surface area contributed by atoms with Gasteiger partial charge in [0.2, 0.25) is 5.91 Å². The largest absolute Gasteiger partial charge is 0.392 e. The predicted molar refractivity (Wildman–Crippen MR) is 71.1 cm³/mol. The number of aliphatic hydroxyl groups is 1. The van der Waals surface area contributed by atoms with Crippen LogP contribution in [0.3, 0.4) is 0 Å². The minimum Gasteiger partial charge on any atom is -0.392 e. The van der Waals surface area contributed by atoms with Crippen molar-refractivity contribution in [3.63, 3.8) is 0 Å². The van der Waals surface area contributed by atoms with Crippen LogP contribution in [0, 0.1) is 17.3 Å². The van der Waals surface area contributed by atoms with Crippen LogP contribution in [0.15, 0.2) is 0 Å². The first kappa shape index (κ1) is 13.8. The van der Waals surface area contributed by atoms with E-state index in [-0.39, 0.29) is 23.3 Å². The monoisotopic (exact) mass is 254 g/mol. The number of hydrogen-bond acceptors (Lipinski definition) is 3. The van der Waals surface area contributed by atoms with Gasteiger partial charge in [0.05, 0.1) is 6.10 Å². The fourth-order valence-electron chi connectivity index (χ4n) is 2.92. The summed E-state index contributed by atoms with van der Waals surface area (Å²) in [7, 11) is 0. The van der Waals surface area contributed by atoms with E-state index in [9.17, 15) is 9.90 Å². The van der Waals surface area contributed by atoms with Crippen LogP contribution in [0.1, 0.15) is 39.5 Å². The summed E-state index contributed by atoms with van der Waals surface area (Å²) in [6.45, 7) is 6.60. The molecule has 2 fully saturated rings. The van der Waals surface area contributed by atoms with Crippen molar-refractivity contribution in [2.45, 2.75) is 45.6 Å². The maximum absolute atomic E-state index is 12.0. The van der Waals surface area contributed by atoms with Gasteiger partial charge in [-0.05, 0) is 31.8 Å². The third-order valence-electron chi connectivity index (χ3n) is 4.88. The third-order valence-corrected chi connectivity index (χ3v) is 4.88. The molecule has 0 aromatic carbocycles. The zero-order chi connectivity index (χ0) is 13.2. The molecule has 0 aromatic heterocycles. The summed E-state index contributed by atoms with van der Waals surface area (Å²) >= 11 is 0. The lowest BCUT2D eigenvalue weighted by Gasteiger charge is -2.39. The number of amides is 1. The lowest BCUT2D eigenvalue weighted by molar-refractivity contribution is -0.127. The Kier molecular flexibility index (Phi) is 4.28. The van der Waals surface area contributed by atoms with E-state index in [0.717, 1.165) is 38.8 Å². The summed E-state index contributed by atoms with van der Waals surface area (Å²) in [6.07, 6.45) is 3.87. The zero-order valence-electron chi connectivity index (χ0n) is 11.5. The van der Waals surface area contributed by atoms with Gasteiger partial charge < -0.3 is 15.7 Å². The Morgan fingerprint density at radius 3 is 2.78 bits per heavy atom. The highest BCUT2D eigenvalue weighted by atomic mass is 16.3. The van der Waals surface area contributed by atoms with Gasteiger partial charge in [-0.2, -0.15) is 0 Å². The Balaban J connectivity index is 1.80. The standard InChI is InChI=1S/C14H26N2O2/c1-10(11-7-15-8-11)13(18)16-9-14(2)6-4-3-5-12(14)17/h10-12,15,17H,3-9H2,1-2H3,(H,16,18). The second-order valence-corrected chi connectivity index (χ2v) is 6.34. The maximum Gasteiger partial charge on any atom is 0.223 e. The van der Waals surface area contributed by atoms with E-state index in [1.807, 2.05) is 6.92 Å². The predicted octanol–water partition coefficient (Wildman–Crippen LogP) is 0.899. The SMILES string of the molecule is CC(C(=O)NCC1(C)CCCCC1O)C1CNC1. The molecule has 1 aliphatic heterocycles. The molecule has 3 atom stereocenters. The van der Waals surface area contributed by atoms with E-state index in [0.29, 0.717) is 12.5 Å². The van der Waals surface area contributed by atoms with Gasteiger partial charge in [-0.3, -0.25) is 4.79 Å². The Labute approximate surface area is 110 Å². The minimum absolute atomic E-state index is 0.0792. The van der Waals surface area contributed by atoms with Crippen molar-refractivity contribution >= 4 is 5.91 Å². The highest BCUT2D eigenvalue weighted by Gasteiger charge is 2.36. The Morgan fingerprint density at radius 2 is 2.22 bits per heavy atom. The number of carbonyl (C=O) groups excluding carboxylic acids is 1. The molecular formula is C14H26N2O2. The summed E-state index contributed by atoms with van der Waals surface area (Å²) in [5.74, 6) is 0.699. The van der Waals surface area contributed by atoms with Crippen LogP contribution >= 0.6 is 0 Å². The minimum atomic E-state index is -0.271. The van der Waals surface area contributed by atoms with Crippen molar-refractivity contribution in [1.29, 1.82) is 0 Å². The Morgan fingerprint density at radius 1 is 1.50 bits per heavy atom. The lowest BCUT2D eigenvalue weighted by atomic mass is 9.73. The molecule has 0 radical (unpaired) electrons. The first-order valence-corrected chi connectivity index (χ1v) is 7.19. The first-order valence-electron chi connectivity index (χ1n) is 7.19. The van der Waals surface area contributed by atoms with Crippen molar-refractivity contribution in [2.75, 3.05) is 19.6 Å². The molecule has 1 aliphatic carbocycles. The molecular weight excluding hydrogens is 228 g/mol. The summed E-state index contributed by atoms with van der Waals surface area (Å²) in [5, 5.41) is 16.3. The van der Waals surface area contributed by atoms with Crippen molar-refractivity contribution in [2.24, 2.45) is 17.3 Å². The van der Waals surface area contributed by atoms with Crippen molar-refractivity contribution in [1.82, 2.24) is 10.6 Å². The van der Waals surface area contributed by atoms with Crippen molar-refractivity contribution in [3.8, 4) is 0 Å². The van der Waals surface area contributed by atoms with Crippen LogP contribution in [-0.4, -0.2) is 36.8 Å². The number of carbonyl (C=O) groups is 1. The molecule has 1 amide bonds. The van der Waals surface area contributed by atoms with Crippen LogP contribution < -0.4 is 10.6 Å². The van der Waals surface area contributed by atoms with E-state index in [1.54, 1.807) is 0 Å². The van der Waals surface area contributed by atoms with Gasteiger partial charge in [0.15, 0.2) is 0 Å². The third kappa shape index (κ3) is 2.86. The molecule has 104 valence electrons. The molecule has 1 saturated heterocycles. The normalized spacial score (nSPS) is 34.7. The first-order chi connectivity index (χ1) is 8.53. The molecule has 1 heterocycles. The van der Waals surface area contributed by atoms with E-state index in [2.05, 4.69) is 17.6 Å².